The van der Waals surface area contributed by atoms with Crippen molar-refractivity contribution in [2.24, 2.45) is 0 Å². The largest absolute Gasteiger partial charge is 0.472 e. The van der Waals surface area contributed by atoms with Crippen LogP contribution in [0.2, 0.25) is 0 Å². The first-order chi connectivity index (χ1) is 45.8. The normalized spacial score (nSPS) is 28.1. The number of aliphatic hydroxyl groups excluding tert-OH is 10. The number of phosphoric acid groups is 1. The van der Waals surface area contributed by atoms with E-state index in [1.165, 1.54) is 141 Å². The lowest BCUT2D eigenvalue weighted by molar-refractivity contribution is -0.360. The number of carbonyl (C=O) groups excluding carboxylic acids is 3. The van der Waals surface area contributed by atoms with Crippen molar-refractivity contribution in [3.05, 3.63) is 0 Å². The standard InChI is InChI=1S/C70H131O24P/c1-4-7-10-13-16-19-22-24-25-26-27-28-31-34-37-40-43-46-56(74)89-51(48-86-54(72)44-41-38-35-32-29-21-18-15-12-9-6-3)49-88-95(84,85)94-68-66(92-69-64(82)59(77)57(75)52(47-71)90-69)62(80)61(79)63(81)67(68)93-70-65(83)60(78)58(76)53(91-70)50-87-55(73)45-42-39-36-33-30-23-20-17-14-11-8-5-2/h51-53,57-71,75-83H,4-50H2,1-3H3,(H,84,85). The topological polar surface area (TPSA) is 374 Å². The third-order valence-electron chi connectivity index (χ3n) is 18.6. The lowest BCUT2D eigenvalue weighted by atomic mass is 9.84. The van der Waals surface area contributed by atoms with E-state index in [4.69, 9.17) is 42.2 Å². The van der Waals surface area contributed by atoms with E-state index in [0.29, 0.717) is 19.3 Å². The minimum absolute atomic E-state index is 0.0329. The summed E-state index contributed by atoms with van der Waals surface area (Å²) in [6.45, 7) is 3.44. The van der Waals surface area contributed by atoms with Crippen molar-refractivity contribution in [1.82, 2.24) is 0 Å². The van der Waals surface area contributed by atoms with E-state index in [1.807, 2.05) is 0 Å². The molecule has 0 spiro atoms. The summed E-state index contributed by atoms with van der Waals surface area (Å²) in [6, 6.07) is 0. The van der Waals surface area contributed by atoms with E-state index in [0.717, 1.165) is 96.3 Å². The Kier molecular flexibility index (Phi) is 48.5. The molecule has 0 bridgehead atoms. The van der Waals surface area contributed by atoms with Gasteiger partial charge in [-0.1, -0.05) is 258 Å². The average molecular weight is 1390 g/mol. The number of phosphoric ester groups is 1. The minimum Gasteiger partial charge on any atom is -0.463 e. The summed E-state index contributed by atoms with van der Waals surface area (Å²) in [5, 5.41) is 110. The van der Waals surface area contributed by atoms with E-state index in [2.05, 4.69) is 20.8 Å². The van der Waals surface area contributed by atoms with Crippen LogP contribution in [0.25, 0.3) is 0 Å². The zero-order chi connectivity index (χ0) is 69.6. The molecule has 1 aliphatic carbocycles. The quantitative estimate of drug-likeness (QED) is 0.0117. The molecule has 25 heteroatoms. The van der Waals surface area contributed by atoms with Gasteiger partial charge in [0.05, 0.1) is 13.2 Å². The second-order valence-electron chi connectivity index (χ2n) is 27.0. The van der Waals surface area contributed by atoms with E-state index >= 15 is 0 Å². The van der Waals surface area contributed by atoms with Gasteiger partial charge in [-0.25, -0.2) is 4.57 Å². The lowest BCUT2D eigenvalue weighted by Crippen LogP contribution is -2.69. The fraction of sp³-hybridized carbons (Fsp3) is 0.957. The monoisotopic (exact) mass is 1390 g/mol. The smallest absolute Gasteiger partial charge is 0.463 e. The molecule has 2 saturated heterocycles. The van der Waals surface area contributed by atoms with Crippen molar-refractivity contribution >= 4 is 25.7 Å². The number of ether oxygens (including phenoxy) is 7. The summed E-state index contributed by atoms with van der Waals surface area (Å²) in [5.41, 5.74) is 0. The maximum atomic E-state index is 14.3. The lowest BCUT2D eigenvalue weighted by Gasteiger charge is -2.49. The van der Waals surface area contributed by atoms with E-state index < -0.39 is 156 Å². The molecule has 0 aromatic heterocycles. The van der Waals surface area contributed by atoms with Gasteiger partial charge >= 0.3 is 25.7 Å². The highest BCUT2D eigenvalue weighted by Gasteiger charge is 2.58. The van der Waals surface area contributed by atoms with E-state index in [-0.39, 0.29) is 19.3 Å². The molecule has 11 N–H and O–H groups in total. The second kappa shape index (κ2) is 52.9. The van der Waals surface area contributed by atoms with Crippen LogP contribution < -0.4 is 0 Å². The molecule has 24 nitrogen and oxygen atoms in total. The van der Waals surface area contributed by atoms with Crippen LogP contribution >= 0.6 is 7.82 Å². The molecule has 560 valence electrons. The molecule has 2 aliphatic heterocycles. The molecule has 0 radical (unpaired) electrons. The minimum atomic E-state index is -5.69. The van der Waals surface area contributed by atoms with Crippen LogP contribution in [0.15, 0.2) is 0 Å². The van der Waals surface area contributed by atoms with Crippen LogP contribution in [0.5, 0.6) is 0 Å². The summed E-state index contributed by atoms with van der Waals surface area (Å²) in [4.78, 5) is 50.9. The van der Waals surface area contributed by atoms with Crippen molar-refractivity contribution in [2.45, 2.75) is 401 Å². The molecule has 18 unspecified atom stereocenters. The third kappa shape index (κ3) is 36.4. The summed E-state index contributed by atoms with van der Waals surface area (Å²) < 4.78 is 65.0. The molecule has 3 aliphatic rings. The predicted octanol–water partition coefficient (Wildman–Crippen LogP) is 9.80. The third-order valence-corrected chi connectivity index (χ3v) is 19.6. The molecule has 2 heterocycles. The number of carbonyl (C=O) groups is 3. The Morgan fingerprint density at radius 1 is 0.368 bits per heavy atom. The Morgan fingerprint density at radius 2 is 0.674 bits per heavy atom. The maximum absolute atomic E-state index is 14.3. The number of aliphatic hydroxyl groups is 10. The van der Waals surface area contributed by atoms with Gasteiger partial charge in [-0.15, -0.1) is 0 Å². The molecule has 3 fully saturated rings. The van der Waals surface area contributed by atoms with Gasteiger partial charge in [0.2, 0.25) is 0 Å². The molecule has 0 amide bonds. The van der Waals surface area contributed by atoms with E-state index in [9.17, 15) is 74.9 Å². The second-order valence-corrected chi connectivity index (χ2v) is 28.4. The summed E-state index contributed by atoms with van der Waals surface area (Å²) in [7, 11) is -5.69. The molecular formula is C70H131O24P. The average Bonchev–Trinajstić information content (AvgIpc) is 0.764. The first-order valence-electron chi connectivity index (χ1n) is 37.3. The molecule has 0 aromatic carbocycles. The Balaban J connectivity index is 1.73. The fourth-order valence-corrected chi connectivity index (χ4v) is 13.5. The van der Waals surface area contributed by atoms with Gasteiger partial charge in [0.25, 0.3) is 0 Å². The van der Waals surface area contributed by atoms with Crippen molar-refractivity contribution in [2.75, 3.05) is 26.4 Å². The van der Waals surface area contributed by atoms with E-state index in [1.54, 1.807) is 0 Å². The Hall–Kier alpha value is -2.04. The SMILES string of the molecule is CCCCCCCCCCCCCCCCCCCC(=O)OC(COC(=O)CCCCCCCCCCCCC)COP(=O)(O)OC1C(OC2OC(CO)C(O)C(O)C2O)C(O)C(O)C(O)C1OC1OC(COC(=O)CCCCCCCCCCCCCC)C(O)C(O)C1O. The number of esters is 3. The Bertz CT molecular complexity index is 1980. The first kappa shape index (κ1) is 87.2. The Labute approximate surface area is 568 Å². The Morgan fingerprint density at radius 3 is 1.03 bits per heavy atom. The van der Waals surface area contributed by atoms with Crippen LogP contribution in [0.3, 0.4) is 0 Å². The highest BCUT2D eigenvalue weighted by molar-refractivity contribution is 7.47. The van der Waals surface area contributed by atoms with Crippen LogP contribution in [0, 0.1) is 0 Å². The van der Waals surface area contributed by atoms with Crippen LogP contribution in [-0.2, 0) is 61.2 Å². The van der Waals surface area contributed by atoms with Gasteiger partial charge in [0.15, 0.2) is 18.7 Å². The van der Waals surface area contributed by atoms with Crippen molar-refractivity contribution in [3.8, 4) is 0 Å². The molecule has 0 aromatic rings. The van der Waals surface area contributed by atoms with Crippen LogP contribution in [-0.4, -0.2) is 204 Å². The number of rotatable bonds is 58. The number of unbranched alkanes of at least 4 members (excludes halogenated alkanes) is 37. The van der Waals surface area contributed by atoms with Gasteiger partial charge in [-0.2, -0.15) is 0 Å². The van der Waals surface area contributed by atoms with Crippen LogP contribution in [0.1, 0.15) is 297 Å². The van der Waals surface area contributed by atoms with Gasteiger partial charge in [-0.05, 0) is 19.3 Å². The van der Waals surface area contributed by atoms with Gasteiger partial charge in [0.1, 0.15) is 98.7 Å². The van der Waals surface area contributed by atoms with Gasteiger partial charge in [-0.3, -0.25) is 23.4 Å². The fourth-order valence-electron chi connectivity index (χ4n) is 12.5. The zero-order valence-corrected chi connectivity index (χ0v) is 59.1. The predicted molar refractivity (Wildman–Crippen MR) is 356 cm³/mol. The molecule has 18 atom stereocenters. The van der Waals surface area contributed by atoms with Gasteiger partial charge in [0, 0.05) is 19.3 Å². The maximum Gasteiger partial charge on any atom is 0.472 e. The molecular weight excluding hydrogens is 1260 g/mol. The highest BCUT2D eigenvalue weighted by atomic mass is 31.2. The summed E-state index contributed by atoms with van der Waals surface area (Å²) in [6.07, 6.45) is 8.99. The molecule has 1 saturated carbocycles. The van der Waals surface area contributed by atoms with Gasteiger partial charge < -0.3 is 89.1 Å². The molecule has 95 heavy (non-hydrogen) atoms. The summed E-state index contributed by atoms with van der Waals surface area (Å²) in [5.74, 6) is -1.98. The number of hydrogen-bond donors (Lipinski definition) is 11. The summed E-state index contributed by atoms with van der Waals surface area (Å²) >= 11 is 0. The molecule has 3 rings (SSSR count). The zero-order valence-electron chi connectivity index (χ0n) is 58.2. The number of hydrogen-bond acceptors (Lipinski definition) is 23. The van der Waals surface area contributed by atoms with Crippen molar-refractivity contribution < 1.29 is 117 Å². The van der Waals surface area contributed by atoms with Crippen molar-refractivity contribution in [1.29, 1.82) is 0 Å². The highest BCUT2D eigenvalue weighted by Crippen LogP contribution is 2.49. The first-order valence-corrected chi connectivity index (χ1v) is 38.8. The van der Waals surface area contributed by atoms with Crippen LogP contribution in [0.4, 0.5) is 0 Å². The van der Waals surface area contributed by atoms with Crippen molar-refractivity contribution in [3.63, 3.8) is 0 Å².